The van der Waals surface area contributed by atoms with Gasteiger partial charge in [-0.1, -0.05) is 39.8 Å². The lowest BCUT2D eigenvalue weighted by Gasteiger charge is -2.33. The van der Waals surface area contributed by atoms with Crippen molar-refractivity contribution in [3.8, 4) is 0 Å². The molecule has 5 N–H and O–H groups in total. The van der Waals surface area contributed by atoms with Crippen LogP contribution in [0.25, 0.3) is 0 Å². The van der Waals surface area contributed by atoms with Crippen LogP contribution in [-0.2, 0) is 20.9 Å². The van der Waals surface area contributed by atoms with Crippen molar-refractivity contribution in [1.29, 1.82) is 0 Å². The third-order valence-electron chi connectivity index (χ3n) is 4.37. The van der Waals surface area contributed by atoms with Gasteiger partial charge in [0.05, 0.1) is 6.04 Å². The zero-order valence-corrected chi connectivity index (χ0v) is 17.8. The molecule has 1 aliphatic heterocycles. The van der Waals surface area contributed by atoms with Crippen molar-refractivity contribution >= 4 is 39.4 Å². The third kappa shape index (κ3) is 7.98. The van der Waals surface area contributed by atoms with Crippen LogP contribution in [0.5, 0.6) is 0 Å². The quantitative estimate of drug-likeness (QED) is 0.303. The van der Waals surface area contributed by atoms with Crippen LogP contribution >= 0.6 is 21.6 Å². The lowest BCUT2D eigenvalue weighted by Crippen LogP contribution is -2.44. The minimum Gasteiger partial charge on any atom is -0.480 e. The maximum absolute atomic E-state index is 13.9. The number of carbonyl (C=O) groups excluding carboxylic acids is 1. The summed E-state index contributed by atoms with van der Waals surface area (Å²) in [6.07, 6.45) is 1.86. The summed E-state index contributed by atoms with van der Waals surface area (Å²) in [6, 6.07) is 5.64. The number of carboxylic acids is 2. The number of carbonyl (C=O) groups is 3. The summed E-state index contributed by atoms with van der Waals surface area (Å²) in [6.45, 7) is 0.984. The number of nitrogens with one attached hydrogen (secondary N) is 1. The fourth-order valence-corrected chi connectivity index (χ4v) is 5.73. The number of halogens is 1. The fraction of sp³-hybridized carbons (Fsp3) is 0.421. The number of carboxylic acid groups (broad SMARTS) is 2. The molecular formula is C19H24FN3O5S2. The number of nitrogens with zero attached hydrogens (tertiary/aromatic N) is 1. The maximum atomic E-state index is 13.9. The van der Waals surface area contributed by atoms with Crippen molar-refractivity contribution in [2.75, 3.05) is 25.4 Å². The molecule has 1 aliphatic rings. The zero-order valence-electron chi connectivity index (χ0n) is 16.1. The van der Waals surface area contributed by atoms with Gasteiger partial charge in [0.25, 0.3) is 0 Å². The largest absolute Gasteiger partial charge is 0.480 e. The molecule has 30 heavy (non-hydrogen) atoms. The van der Waals surface area contributed by atoms with Crippen LogP contribution in [0.1, 0.15) is 12.0 Å². The number of piperidine rings is 1. The van der Waals surface area contributed by atoms with Gasteiger partial charge in [-0.2, -0.15) is 0 Å². The molecule has 1 aromatic carbocycles. The second-order valence-corrected chi connectivity index (χ2v) is 9.35. The number of hydrogen-bond donors (Lipinski definition) is 4. The Morgan fingerprint density at radius 3 is 2.73 bits per heavy atom. The van der Waals surface area contributed by atoms with E-state index in [0.717, 1.165) is 0 Å². The van der Waals surface area contributed by atoms with E-state index in [4.69, 9.17) is 10.8 Å². The molecule has 1 amide bonds. The Balaban J connectivity index is 1.89. The topological polar surface area (TPSA) is 133 Å². The first-order chi connectivity index (χ1) is 14.3. The van der Waals surface area contributed by atoms with Gasteiger partial charge in [-0.05, 0) is 18.1 Å². The van der Waals surface area contributed by atoms with Crippen LogP contribution in [-0.4, -0.2) is 69.6 Å². The first kappa shape index (κ1) is 24.2. The lowest BCUT2D eigenvalue weighted by molar-refractivity contribution is -0.138. The summed E-state index contributed by atoms with van der Waals surface area (Å²) >= 11 is 0. The molecule has 0 bridgehead atoms. The molecule has 0 aliphatic carbocycles. The second kappa shape index (κ2) is 11.9. The van der Waals surface area contributed by atoms with Crippen molar-refractivity contribution < 1.29 is 29.0 Å². The highest BCUT2D eigenvalue weighted by Gasteiger charge is 2.26. The molecule has 11 heteroatoms. The normalized spacial score (nSPS) is 19.4. The first-order valence-corrected chi connectivity index (χ1v) is 11.6. The van der Waals surface area contributed by atoms with Crippen molar-refractivity contribution in [3.63, 3.8) is 0 Å². The summed E-state index contributed by atoms with van der Waals surface area (Å²) in [5, 5.41) is 19.9. The predicted molar refractivity (Wildman–Crippen MR) is 114 cm³/mol. The van der Waals surface area contributed by atoms with E-state index in [1.165, 1.54) is 33.7 Å². The average Bonchev–Trinajstić information content (AvgIpc) is 2.68. The summed E-state index contributed by atoms with van der Waals surface area (Å²) in [7, 11) is 2.78. The summed E-state index contributed by atoms with van der Waals surface area (Å²) < 4.78 is 13.9. The van der Waals surface area contributed by atoms with Crippen molar-refractivity contribution in [2.24, 2.45) is 5.73 Å². The highest BCUT2D eigenvalue weighted by molar-refractivity contribution is 8.77. The Bertz CT molecular complexity index is 808. The van der Waals surface area contributed by atoms with E-state index in [1.807, 2.05) is 4.90 Å². The third-order valence-corrected chi connectivity index (χ3v) is 7.29. The van der Waals surface area contributed by atoms with Gasteiger partial charge in [-0.3, -0.25) is 14.5 Å². The predicted octanol–water partition coefficient (Wildman–Crippen LogP) is 1.32. The molecule has 1 fully saturated rings. The zero-order chi connectivity index (χ0) is 22.1. The highest BCUT2D eigenvalue weighted by atomic mass is 33.1. The van der Waals surface area contributed by atoms with Crippen LogP contribution in [0.3, 0.4) is 0 Å². The van der Waals surface area contributed by atoms with Gasteiger partial charge in [0.1, 0.15) is 12.4 Å². The van der Waals surface area contributed by atoms with Gasteiger partial charge in [0.15, 0.2) is 0 Å². The molecule has 1 aromatic rings. The number of likely N-dealkylation sites (tertiary alicyclic amines) is 1. The van der Waals surface area contributed by atoms with Gasteiger partial charge in [-0.15, -0.1) is 0 Å². The molecular weight excluding hydrogens is 433 g/mol. The fourth-order valence-electron chi connectivity index (χ4n) is 2.90. The van der Waals surface area contributed by atoms with Gasteiger partial charge in [-0.25, -0.2) is 9.18 Å². The maximum Gasteiger partial charge on any atom is 0.328 e. The number of hydrogen-bond acceptors (Lipinski definition) is 7. The summed E-state index contributed by atoms with van der Waals surface area (Å²) in [5.74, 6) is -2.78. The number of rotatable bonds is 10. The van der Waals surface area contributed by atoms with E-state index in [0.29, 0.717) is 37.2 Å². The molecule has 2 atom stereocenters. The van der Waals surface area contributed by atoms with E-state index in [1.54, 1.807) is 18.2 Å². The van der Waals surface area contributed by atoms with Gasteiger partial charge in [0, 0.05) is 42.3 Å². The molecule has 164 valence electrons. The Morgan fingerprint density at radius 2 is 2.07 bits per heavy atom. The first-order valence-electron chi connectivity index (χ1n) is 9.18. The molecule has 2 rings (SSSR count). The summed E-state index contributed by atoms with van der Waals surface area (Å²) in [4.78, 5) is 35.5. The Hall–Kier alpha value is -2.08. The lowest BCUT2D eigenvalue weighted by atomic mass is 10.0. The van der Waals surface area contributed by atoms with Gasteiger partial charge >= 0.3 is 11.9 Å². The van der Waals surface area contributed by atoms with E-state index in [-0.39, 0.29) is 16.8 Å². The second-order valence-electron chi connectivity index (χ2n) is 6.74. The van der Waals surface area contributed by atoms with E-state index in [9.17, 15) is 23.9 Å². The highest BCUT2D eigenvalue weighted by Crippen LogP contribution is 2.36. The smallest absolute Gasteiger partial charge is 0.328 e. The molecule has 1 saturated heterocycles. The number of benzene rings is 1. The molecule has 8 nitrogen and oxygen atoms in total. The van der Waals surface area contributed by atoms with Crippen molar-refractivity contribution in [1.82, 2.24) is 10.2 Å². The van der Waals surface area contributed by atoms with Gasteiger partial charge < -0.3 is 21.3 Å². The number of nitrogens with two attached hydrogens (primary N) is 1. The van der Waals surface area contributed by atoms with Crippen molar-refractivity contribution in [2.45, 2.75) is 24.3 Å². The minimum atomic E-state index is -1.15. The van der Waals surface area contributed by atoms with Crippen LogP contribution in [0.2, 0.25) is 0 Å². The van der Waals surface area contributed by atoms with Gasteiger partial charge in [0.2, 0.25) is 5.91 Å². The molecule has 0 saturated carbocycles. The van der Waals surface area contributed by atoms with Crippen molar-refractivity contribution in [3.05, 3.63) is 47.3 Å². The molecule has 0 aromatic heterocycles. The van der Waals surface area contributed by atoms with Crippen LogP contribution in [0.15, 0.2) is 35.9 Å². The SMILES string of the molecule is NC(CSSC1CCN(Cc2ccccc2F)CC1=CC(=O)O)C(=O)NCC(=O)O. The standard InChI is InChI=1S/C19H24FN3O5S2/c20-14-4-2-1-3-12(14)9-23-6-5-16(13(10-23)7-17(24)25)30-29-11-15(21)19(28)22-8-18(26)27/h1-4,7,15-16H,5-6,8-11,21H2,(H,22,28)(H,24,25)(H,26,27). The summed E-state index contributed by atoms with van der Waals surface area (Å²) in [5.41, 5.74) is 7.04. The number of amides is 1. The molecule has 2 unspecified atom stereocenters. The number of aliphatic carboxylic acids is 2. The Labute approximate surface area is 181 Å². The molecule has 0 radical (unpaired) electrons. The van der Waals surface area contributed by atoms with E-state index >= 15 is 0 Å². The van der Waals surface area contributed by atoms with E-state index in [2.05, 4.69) is 5.32 Å². The Kier molecular flexibility index (Phi) is 9.63. The average molecular weight is 458 g/mol. The van der Waals surface area contributed by atoms with Crippen LogP contribution in [0.4, 0.5) is 4.39 Å². The monoisotopic (exact) mass is 457 g/mol. The molecule has 0 spiro atoms. The van der Waals surface area contributed by atoms with E-state index < -0.39 is 30.4 Å². The molecule has 1 heterocycles. The Morgan fingerprint density at radius 1 is 1.33 bits per heavy atom. The minimum absolute atomic E-state index is 0.0720. The van der Waals surface area contributed by atoms with Crippen LogP contribution < -0.4 is 11.1 Å². The van der Waals surface area contributed by atoms with Crippen LogP contribution in [0, 0.1) is 5.82 Å².